The Morgan fingerprint density at radius 3 is 2.53 bits per heavy atom. The molecule has 0 saturated carbocycles. The molecule has 2 heterocycles. The minimum atomic E-state index is -4.41. The average molecular weight is 463 g/mol. The Morgan fingerprint density at radius 1 is 1.19 bits per heavy atom. The van der Waals surface area contributed by atoms with Gasteiger partial charge >= 0.3 is 11.9 Å². The molecule has 0 fully saturated rings. The van der Waals surface area contributed by atoms with Gasteiger partial charge in [0.15, 0.2) is 5.82 Å². The zero-order chi connectivity index (χ0) is 22.9. The normalized spacial score (nSPS) is 11.7. The molecule has 0 aliphatic heterocycles. The number of benzene rings is 2. The number of aromatic nitrogens is 3. The number of nitrogens with zero attached hydrogens (tertiary/aromatic N) is 2. The maximum Gasteiger partial charge on any atom is 0.439 e. The van der Waals surface area contributed by atoms with Crippen LogP contribution in [-0.2, 0) is 19.4 Å². The number of aromatic amines is 1. The molecule has 4 aromatic rings. The van der Waals surface area contributed by atoms with Gasteiger partial charge in [-0.1, -0.05) is 17.3 Å². The molecule has 7 nitrogen and oxygen atoms in total. The van der Waals surface area contributed by atoms with Gasteiger partial charge < -0.3 is 9.84 Å². The Hall–Kier alpha value is -3.44. The van der Waals surface area contributed by atoms with E-state index in [0.29, 0.717) is 38.3 Å². The molecular weight excluding hydrogens is 447 g/mol. The molecule has 0 spiro atoms. The first-order chi connectivity index (χ1) is 15.2. The van der Waals surface area contributed by atoms with E-state index in [-0.39, 0.29) is 13.2 Å². The van der Waals surface area contributed by atoms with Crippen LogP contribution in [-0.4, -0.2) is 20.2 Å². The van der Waals surface area contributed by atoms with Crippen LogP contribution in [0.1, 0.15) is 21.7 Å². The number of aryl methyl sites for hydroxylation is 1. The molecule has 4 rings (SSSR count). The molecule has 2 N–H and O–H groups in total. The van der Waals surface area contributed by atoms with E-state index in [4.69, 9.17) is 4.74 Å². The summed E-state index contributed by atoms with van der Waals surface area (Å²) in [4.78, 5) is 18.6. The summed E-state index contributed by atoms with van der Waals surface area (Å²) < 4.78 is 48.7. The maximum atomic E-state index is 12.8. The Bertz CT molecular complexity index is 1290. The highest BCUT2D eigenvalue weighted by molar-refractivity contribution is 7.15. The van der Waals surface area contributed by atoms with Gasteiger partial charge in [0, 0.05) is 11.1 Å². The van der Waals surface area contributed by atoms with Gasteiger partial charge in [0.25, 0.3) is 0 Å². The highest BCUT2D eigenvalue weighted by Gasteiger charge is 2.30. The van der Waals surface area contributed by atoms with Crippen molar-refractivity contribution in [3.8, 4) is 27.7 Å². The summed E-state index contributed by atoms with van der Waals surface area (Å²) in [6.07, 6.45) is -4.41. The molecule has 11 heteroatoms. The quantitative estimate of drug-likeness (QED) is 0.435. The number of aliphatic hydroxyl groups is 1. The summed E-state index contributed by atoms with van der Waals surface area (Å²) in [7, 11) is 0. The van der Waals surface area contributed by atoms with Gasteiger partial charge in [0.1, 0.15) is 17.4 Å². The number of H-pyrrole nitrogens is 1. The van der Waals surface area contributed by atoms with Crippen molar-refractivity contribution in [1.82, 2.24) is 15.1 Å². The Labute approximate surface area is 183 Å². The number of aliphatic hydroxyl groups excluding tert-OH is 1. The van der Waals surface area contributed by atoms with E-state index >= 15 is 0 Å². The topological polar surface area (TPSA) is 101 Å². The Morgan fingerprint density at radius 2 is 1.94 bits per heavy atom. The van der Waals surface area contributed by atoms with Crippen LogP contribution < -0.4 is 10.5 Å². The number of ether oxygens (including phenoxy) is 1. The average Bonchev–Trinajstić information content (AvgIpc) is 3.38. The fourth-order valence-electron chi connectivity index (χ4n) is 3.03. The zero-order valence-corrected chi connectivity index (χ0v) is 17.4. The van der Waals surface area contributed by atoms with E-state index in [1.807, 2.05) is 6.92 Å². The van der Waals surface area contributed by atoms with Gasteiger partial charge in [-0.25, -0.2) is 9.78 Å². The van der Waals surface area contributed by atoms with E-state index in [2.05, 4.69) is 19.6 Å². The van der Waals surface area contributed by atoms with Crippen LogP contribution >= 0.6 is 11.3 Å². The van der Waals surface area contributed by atoms with E-state index in [9.17, 15) is 23.1 Å². The Kier molecular flexibility index (Phi) is 5.85. The van der Waals surface area contributed by atoms with Gasteiger partial charge in [0.05, 0.1) is 22.7 Å². The first-order valence-electron chi connectivity index (χ1n) is 9.31. The SMILES string of the molecule is Cc1cc(OCc2sc(-c3ccc(C(F)(F)F)cc3)nc2CO)ccc1-c1noc(=O)[nH]1. The van der Waals surface area contributed by atoms with Crippen molar-refractivity contribution in [2.75, 3.05) is 0 Å². The molecule has 32 heavy (non-hydrogen) atoms. The minimum absolute atomic E-state index is 0.119. The van der Waals surface area contributed by atoms with Crippen molar-refractivity contribution in [2.45, 2.75) is 26.3 Å². The second-order valence-corrected chi connectivity index (χ2v) is 7.91. The second kappa shape index (κ2) is 8.60. The van der Waals surface area contributed by atoms with Gasteiger partial charge in [-0.05, 0) is 42.8 Å². The molecule has 0 atom stereocenters. The predicted molar refractivity (Wildman–Crippen MR) is 110 cm³/mol. The molecule has 0 aliphatic carbocycles. The molecule has 0 bridgehead atoms. The predicted octanol–water partition coefficient (Wildman–Crippen LogP) is 4.55. The molecule has 2 aromatic heterocycles. The molecular formula is C21H16F3N3O4S. The molecule has 0 aliphatic rings. The lowest BCUT2D eigenvalue weighted by Gasteiger charge is -2.08. The van der Waals surface area contributed by atoms with Gasteiger partial charge in [0.2, 0.25) is 0 Å². The first kappa shape index (κ1) is 21.8. The zero-order valence-electron chi connectivity index (χ0n) is 16.6. The first-order valence-corrected chi connectivity index (χ1v) is 10.1. The highest BCUT2D eigenvalue weighted by atomic mass is 32.1. The lowest BCUT2D eigenvalue weighted by molar-refractivity contribution is -0.137. The molecule has 0 amide bonds. The van der Waals surface area contributed by atoms with Gasteiger partial charge in [-0.2, -0.15) is 13.2 Å². The summed E-state index contributed by atoms with van der Waals surface area (Å²) in [6, 6.07) is 9.89. The summed E-state index contributed by atoms with van der Waals surface area (Å²) in [6.45, 7) is 1.62. The number of hydrogen-bond acceptors (Lipinski definition) is 7. The minimum Gasteiger partial charge on any atom is -0.488 e. The summed E-state index contributed by atoms with van der Waals surface area (Å²) >= 11 is 1.24. The number of hydrogen-bond donors (Lipinski definition) is 2. The summed E-state index contributed by atoms with van der Waals surface area (Å²) in [5.41, 5.74) is 1.66. The van der Waals surface area contributed by atoms with Crippen molar-refractivity contribution in [2.24, 2.45) is 0 Å². The van der Waals surface area contributed by atoms with Crippen LogP contribution in [0.3, 0.4) is 0 Å². The van der Waals surface area contributed by atoms with E-state index < -0.39 is 17.5 Å². The third kappa shape index (κ3) is 4.58. The number of thiazole rings is 1. The number of nitrogens with one attached hydrogen (secondary N) is 1. The van der Waals surface area contributed by atoms with Crippen molar-refractivity contribution in [3.63, 3.8) is 0 Å². The number of halogens is 3. The fourth-order valence-corrected chi connectivity index (χ4v) is 4.02. The standard InChI is InChI=1S/C21H16F3N3O4S/c1-11-8-14(6-7-15(11)18-26-20(29)31-27-18)30-10-17-16(9-28)25-19(32-17)12-2-4-13(5-3-12)21(22,23)24/h2-8,28H,9-10H2,1H3,(H,26,27,29). The van der Waals surface area contributed by atoms with E-state index in [0.717, 1.165) is 17.7 Å². The number of alkyl halides is 3. The highest BCUT2D eigenvalue weighted by Crippen LogP contribution is 2.33. The van der Waals surface area contributed by atoms with Crippen LogP contribution in [0.15, 0.2) is 51.8 Å². The lowest BCUT2D eigenvalue weighted by atomic mass is 10.1. The largest absolute Gasteiger partial charge is 0.488 e. The Balaban J connectivity index is 1.51. The summed E-state index contributed by atoms with van der Waals surface area (Å²) in [5, 5.41) is 13.8. The fraction of sp³-hybridized carbons (Fsp3) is 0.190. The number of rotatable bonds is 6. The monoisotopic (exact) mass is 463 g/mol. The summed E-state index contributed by atoms with van der Waals surface area (Å²) in [5.74, 6) is 0.209. The molecule has 2 aromatic carbocycles. The second-order valence-electron chi connectivity index (χ2n) is 6.83. The molecule has 0 saturated heterocycles. The van der Waals surface area contributed by atoms with Gasteiger partial charge in [-0.3, -0.25) is 9.51 Å². The van der Waals surface area contributed by atoms with Crippen LogP contribution in [0.4, 0.5) is 13.2 Å². The van der Waals surface area contributed by atoms with Crippen molar-refractivity contribution in [3.05, 3.63) is 74.7 Å². The maximum absolute atomic E-state index is 12.8. The molecule has 0 radical (unpaired) electrons. The van der Waals surface area contributed by atoms with Crippen LogP contribution in [0.25, 0.3) is 22.0 Å². The smallest absolute Gasteiger partial charge is 0.439 e. The van der Waals surface area contributed by atoms with Crippen molar-refractivity contribution >= 4 is 11.3 Å². The van der Waals surface area contributed by atoms with E-state index in [1.54, 1.807) is 18.2 Å². The van der Waals surface area contributed by atoms with E-state index in [1.165, 1.54) is 23.5 Å². The van der Waals surface area contributed by atoms with Crippen molar-refractivity contribution in [1.29, 1.82) is 0 Å². The molecule has 166 valence electrons. The third-order valence-corrected chi connectivity index (χ3v) is 5.77. The lowest BCUT2D eigenvalue weighted by Crippen LogP contribution is -2.03. The van der Waals surface area contributed by atoms with Crippen LogP contribution in [0.5, 0.6) is 5.75 Å². The third-order valence-electron chi connectivity index (χ3n) is 4.65. The van der Waals surface area contributed by atoms with Crippen LogP contribution in [0.2, 0.25) is 0 Å². The molecule has 0 unspecified atom stereocenters. The van der Waals surface area contributed by atoms with Gasteiger partial charge in [-0.15, -0.1) is 11.3 Å². The van der Waals surface area contributed by atoms with Crippen LogP contribution in [0, 0.1) is 6.92 Å². The van der Waals surface area contributed by atoms with Crippen molar-refractivity contribution < 1.29 is 27.5 Å².